The van der Waals surface area contributed by atoms with Gasteiger partial charge in [-0.15, -0.1) is 0 Å². The van der Waals surface area contributed by atoms with Crippen LogP contribution in [0.4, 0.5) is 5.69 Å². The number of aryl methyl sites for hydroxylation is 3. The first-order valence-electron chi connectivity index (χ1n) is 8.21. The van der Waals surface area contributed by atoms with Crippen molar-refractivity contribution >= 4 is 29.3 Å². The van der Waals surface area contributed by atoms with Gasteiger partial charge in [0.05, 0.1) is 0 Å². The van der Waals surface area contributed by atoms with Crippen molar-refractivity contribution in [2.24, 2.45) is 0 Å². The Morgan fingerprint density at radius 2 is 1.85 bits per heavy atom. The lowest BCUT2D eigenvalue weighted by molar-refractivity contribution is -0.149. The molecule has 0 fully saturated rings. The molecule has 7 heteroatoms. The van der Waals surface area contributed by atoms with E-state index in [0.717, 1.165) is 33.3 Å². The Labute approximate surface area is 162 Å². The molecular formula is C20H20N2O4S. The Morgan fingerprint density at radius 1 is 1.07 bits per heavy atom. The zero-order valence-corrected chi connectivity index (χ0v) is 16.2. The van der Waals surface area contributed by atoms with E-state index in [9.17, 15) is 9.59 Å². The summed E-state index contributed by atoms with van der Waals surface area (Å²) < 4.78 is 10.4. The molecule has 0 radical (unpaired) electrons. The van der Waals surface area contributed by atoms with Crippen LogP contribution in [-0.2, 0) is 14.3 Å². The zero-order valence-electron chi connectivity index (χ0n) is 15.4. The van der Waals surface area contributed by atoms with Crippen LogP contribution in [0.25, 0.3) is 0 Å². The summed E-state index contributed by atoms with van der Waals surface area (Å²) in [6, 6.07) is 10.9. The third-order valence-corrected chi connectivity index (χ3v) is 4.26. The number of thioether (sulfide) groups is 1. The molecule has 2 aromatic carbocycles. The van der Waals surface area contributed by atoms with Crippen molar-refractivity contribution < 1.29 is 19.1 Å². The lowest BCUT2D eigenvalue weighted by atomic mass is 10.1. The van der Waals surface area contributed by atoms with Gasteiger partial charge >= 0.3 is 5.97 Å². The van der Waals surface area contributed by atoms with Gasteiger partial charge in [0.25, 0.3) is 5.91 Å². The molecular weight excluding hydrogens is 364 g/mol. The number of esters is 1. The highest BCUT2D eigenvalue weighted by atomic mass is 32.2. The molecule has 0 bridgehead atoms. The molecule has 2 aromatic rings. The van der Waals surface area contributed by atoms with Crippen LogP contribution in [-0.4, -0.2) is 25.1 Å². The summed E-state index contributed by atoms with van der Waals surface area (Å²) in [4.78, 5) is 24.5. The van der Waals surface area contributed by atoms with E-state index in [-0.39, 0.29) is 6.61 Å². The van der Waals surface area contributed by atoms with Gasteiger partial charge in [0.15, 0.2) is 13.2 Å². The molecule has 6 nitrogen and oxygen atoms in total. The van der Waals surface area contributed by atoms with E-state index in [1.165, 1.54) is 0 Å². The summed E-state index contributed by atoms with van der Waals surface area (Å²) in [6.07, 6.45) is 0. The summed E-state index contributed by atoms with van der Waals surface area (Å²) in [6.45, 7) is 5.02. The first-order chi connectivity index (χ1) is 12.9. The molecule has 2 rings (SSSR count). The molecule has 0 atom stereocenters. The van der Waals surface area contributed by atoms with E-state index in [1.807, 2.05) is 38.3 Å². The van der Waals surface area contributed by atoms with Crippen LogP contribution in [0.1, 0.15) is 16.7 Å². The number of carbonyl (C=O) groups is 2. The standard InChI is InChI=1S/C20H20N2O4S/c1-13-4-7-18(15(3)8-13)25-11-20(24)26-10-19(23)22-17-6-5-16(27-12-21)9-14(17)2/h4-9H,10-11H2,1-3H3,(H,22,23). The third-order valence-electron chi connectivity index (χ3n) is 3.68. The summed E-state index contributed by atoms with van der Waals surface area (Å²) in [5.74, 6) is -0.464. The fourth-order valence-electron chi connectivity index (χ4n) is 2.36. The lowest BCUT2D eigenvalue weighted by Crippen LogP contribution is -2.24. The molecule has 0 spiro atoms. The second kappa shape index (κ2) is 9.64. The maximum atomic E-state index is 12.0. The molecule has 0 aliphatic rings. The number of thiocyanates is 1. The van der Waals surface area contributed by atoms with Crippen molar-refractivity contribution in [2.45, 2.75) is 25.7 Å². The Kier molecular flexibility index (Phi) is 7.26. The molecule has 0 heterocycles. The Balaban J connectivity index is 1.79. The van der Waals surface area contributed by atoms with E-state index in [4.69, 9.17) is 14.7 Å². The maximum Gasteiger partial charge on any atom is 0.344 e. The number of nitrogens with one attached hydrogen (secondary N) is 1. The Bertz CT molecular complexity index is 890. The zero-order chi connectivity index (χ0) is 19.8. The topological polar surface area (TPSA) is 88.4 Å². The van der Waals surface area contributed by atoms with Gasteiger partial charge in [0.2, 0.25) is 0 Å². The van der Waals surface area contributed by atoms with E-state index < -0.39 is 18.5 Å². The predicted molar refractivity (Wildman–Crippen MR) is 104 cm³/mol. The summed E-state index contributed by atoms with van der Waals surface area (Å²) in [5.41, 5.74) is 3.45. The number of amides is 1. The number of hydrogen-bond acceptors (Lipinski definition) is 6. The van der Waals surface area contributed by atoms with Crippen LogP contribution < -0.4 is 10.1 Å². The first-order valence-corrected chi connectivity index (χ1v) is 9.03. The van der Waals surface area contributed by atoms with Crippen molar-refractivity contribution in [3.05, 3.63) is 53.1 Å². The van der Waals surface area contributed by atoms with Crippen molar-refractivity contribution in [3.8, 4) is 11.2 Å². The summed E-state index contributed by atoms with van der Waals surface area (Å²) in [7, 11) is 0. The Morgan fingerprint density at radius 3 is 2.52 bits per heavy atom. The van der Waals surface area contributed by atoms with Crippen molar-refractivity contribution in [1.29, 1.82) is 5.26 Å². The SMILES string of the molecule is Cc1ccc(OCC(=O)OCC(=O)Nc2ccc(SC#N)cc2C)c(C)c1. The van der Waals surface area contributed by atoms with Gasteiger partial charge in [-0.2, -0.15) is 5.26 Å². The molecule has 1 amide bonds. The van der Waals surface area contributed by atoms with Gasteiger partial charge in [-0.1, -0.05) is 17.7 Å². The molecule has 0 saturated carbocycles. The number of anilines is 1. The van der Waals surface area contributed by atoms with Crippen LogP contribution in [0.15, 0.2) is 41.3 Å². The molecule has 0 aliphatic carbocycles. The third kappa shape index (κ3) is 6.35. The minimum Gasteiger partial charge on any atom is -0.482 e. The Hall–Kier alpha value is -2.98. The highest BCUT2D eigenvalue weighted by molar-refractivity contribution is 8.03. The molecule has 0 aromatic heterocycles. The van der Waals surface area contributed by atoms with Gasteiger partial charge in [0, 0.05) is 10.6 Å². The van der Waals surface area contributed by atoms with Gasteiger partial charge in [-0.3, -0.25) is 4.79 Å². The molecule has 0 unspecified atom stereocenters. The summed E-state index contributed by atoms with van der Waals surface area (Å²) in [5, 5.41) is 13.3. The van der Waals surface area contributed by atoms with Gasteiger partial charge in [0.1, 0.15) is 11.2 Å². The van der Waals surface area contributed by atoms with E-state index >= 15 is 0 Å². The average molecular weight is 384 g/mol. The highest BCUT2D eigenvalue weighted by Gasteiger charge is 2.11. The number of hydrogen-bond donors (Lipinski definition) is 1. The first kappa shape index (κ1) is 20.3. The van der Waals surface area contributed by atoms with Crippen molar-refractivity contribution in [2.75, 3.05) is 18.5 Å². The average Bonchev–Trinajstić information content (AvgIpc) is 2.62. The normalized spacial score (nSPS) is 10.0. The largest absolute Gasteiger partial charge is 0.482 e. The maximum absolute atomic E-state index is 12.0. The number of rotatable bonds is 7. The molecule has 140 valence electrons. The van der Waals surface area contributed by atoms with Gasteiger partial charge < -0.3 is 14.8 Å². The quantitative estimate of drug-likeness (QED) is 0.444. The minimum absolute atomic E-state index is 0.268. The predicted octanol–water partition coefficient (Wildman–Crippen LogP) is 3.75. The number of nitrogens with zero attached hydrogens (tertiary/aromatic N) is 1. The molecule has 27 heavy (non-hydrogen) atoms. The van der Waals surface area contributed by atoms with Crippen LogP contribution in [0.3, 0.4) is 0 Å². The number of nitriles is 1. The fraction of sp³-hybridized carbons (Fsp3) is 0.250. The highest BCUT2D eigenvalue weighted by Crippen LogP contribution is 2.23. The van der Waals surface area contributed by atoms with Crippen LogP contribution in [0.5, 0.6) is 5.75 Å². The van der Waals surface area contributed by atoms with Crippen LogP contribution in [0.2, 0.25) is 0 Å². The van der Waals surface area contributed by atoms with E-state index in [1.54, 1.807) is 24.3 Å². The van der Waals surface area contributed by atoms with Crippen molar-refractivity contribution in [1.82, 2.24) is 0 Å². The fourth-order valence-corrected chi connectivity index (χ4v) is 2.84. The molecule has 0 saturated heterocycles. The molecule has 1 N–H and O–H groups in total. The number of carbonyl (C=O) groups excluding carboxylic acids is 2. The second-order valence-corrected chi connectivity index (χ2v) is 6.79. The smallest absolute Gasteiger partial charge is 0.344 e. The lowest BCUT2D eigenvalue weighted by Gasteiger charge is -2.11. The summed E-state index contributed by atoms with van der Waals surface area (Å²) >= 11 is 1.05. The van der Waals surface area contributed by atoms with E-state index in [2.05, 4.69) is 5.32 Å². The van der Waals surface area contributed by atoms with Crippen molar-refractivity contribution in [3.63, 3.8) is 0 Å². The molecule has 0 aliphatic heterocycles. The minimum atomic E-state index is -0.623. The monoisotopic (exact) mass is 384 g/mol. The van der Waals surface area contributed by atoms with Crippen LogP contribution in [0, 0.1) is 31.4 Å². The van der Waals surface area contributed by atoms with Gasteiger partial charge in [-0.25, -0.2) is 4.79 Å². The van der Waals surface area contributed by atoms with Gasteiger partial charge in [-0.05, 0) is 67.9 Å². The number of benzene rings is 2. The second-order valence-electron chi connectivity index (χ2n) is 5.94. The van der Waals surface area contributed by atoms with E-state index in [0.29, 0.717) is 11.4 Å². The van der Waals surface area contributed by atoms with Crippen LogP contribution >= 0.6 is 11.8 Å². The number of ether oxygens (including phenoxy) is 2.